The fourth-order valence-electron chi connectivity index (χ4n) is 0.476. The fraction of sp³-hybridized carbons (Fsp3) is 0.857. The molecule has 0 aromatic carbocycles. The molecule has 1 atom stereocenters. The molecule has 0 spiro atoms. The van der Waals surface area contributed by atoms with Gasteiger partial charge in [-0.15, -0.1) is 0 Å². The summed E-state index contributed by atoms with van der Waals surface area (Å²) in [6, 6.07) is -0.207. The minimum atomic E-state index is -0.572. The van der Waals surface area contributed by atoms with E-state index in [1.807, 2.05) is 0 Å². The van der Waals surface area contributed by atoms with Gasteiger partial charge in [-0.3, -0.25) is 10.1 Å². The molecule has 0 aliphatic rings. The lowest BCUT2D eigenvalue weighted by Gasteiger charge is -2.26. The highest BCUT2D eigenvalue weighted by molar-refractivity contribution is 8.32. The molecule has 0 aliphatic heterocycles. The molecule has 3 N–H and O–H groups in total. The zero-order valence-corrected chi connectivity index (χ0v) is 8.49. The number of hydrogen-bond donors (Lipinski definition) is 2. The maximum Gasteiger partial charge on any atom is 0.234 e. The Hall–Kier alpha value is -0.220. The molecule has 0 heterocycles. The standard InChI is InChI=1S/C7H18N2OS/c1-6(7(8)10)9-5-11(2,3)4/h6,9H,5H2,1-4H3,(H2,8,10). The third kappa shape index (κ3) is 6.19. The molecule has 0 saturated heterocycles. The van der Waals surface area contributed by atoms with Crippen molar-refractivity contribution in [2.24, 2.45) is 5.73 Å². The summed E-state index contributed by atoms with van der Waals surface area (Å²) in [5.74, 6) is 0.602. The van der Waals surface area contributed by atoms with Crippen LogP contribution >= 0.6 is 10.0 Å². The summed E-state index contributed by atoms with van der Waals surface area (Å²) in [4.78, 5) is 10.6. The zero-order valence-electron chi connectivity index (χ0n) is 7.68. The third-order valence-corrected chi connectivity index (χ3v) is 2.28. The number of nitrogens with one attached hydrogen (secondary N) is 1. The molecule has 3 nitrogen and oxygen atoms in total. The average Bonchev–Trinajstić information content (AvgIpc) is 1.80. The molecule has 68 valence electrons. The summed E-state index contributed by atoms with van der Waals surface area (Å²) in [5.41, 5.74) is 5.07. The van der Waals surface area contributed by atoms with Gasteiger partial charge < -0.3 is 5.73 Å². The van der Waals surface area contributed by atoms with Crippen LogP contribution in [0.5, 0.6) is 0 Å². The Bertz CT molecular complexity index is 142. The average molecular weight is 178 g/mol. The van der Waals surface area contributed by atoms with Crippen LogP contribution in [0, 0.1) is 0 Å². The summed E-state index contributed by atoms with van der Waals surface area (Å²) in [5, 5.41) is 3.08. The summed E-state index contributed by atoms with van der Waals surface area (Å²) >= 11 is 0. The van der Waals surface area contributed by atoms with E-state index in [0.717, 1.165) is 5.88 Å². The van der Waals surface area contributed by atoms with Gasteiger partial charge in [0.05, 0.1) is 6.04 Å². The van der Waals surface area contributed by atoms with E-state index < -0.39 is 10.0 Å². The van der Waals surface area contributed by atoms with Crippen LogP contribution in [0.15, 0.2) is 0 Å². The number of carbonyl (C=O) groups is 1. The van der Waals surface area contributed by atoms with Crippen LogP contribution in [-0.4, -0.2) is 36.6 Å². The van der Waals surface area contributed by atoms with Gasteiger partial charge in [0, 0.05) is 5.88 Å². The number of carbonyl (C=O) groups excluding carboxylic acids is 1. The van der Waals surface area contributed by atoms with E-state index in [2.05, 4.69) is 24.1 Å². The molecule has 4 heteroatoms. The second-order valence-corrected chi connectivity index (χ2v) is 8.03. The van der Waals surface area contributed by atoms with Crippen LogP contribution in [0.1, 0.15) is 6.92 Å². The van der Waals surface area contributed by atoms with Crippen LogP contribution in [-0.2, 0) is 4.79 Å². The molecule has 0 fully saturated rings. The highest BCUT2D eigenvalue weighted by Gasteiger charge is 2.10. The van der Waals surface area contributed by atoms with Crippen molar-refractivity contribution in [1.29, 1.82) is 0 Å². The van der Waals surface area contributed by atoms with E-state index in [-0.39, 0.29) is 11.9 Å². The molecule has 0 aromatic heterocycles. The fourth-order valence-corrected chi connectivity index (χ4v) is 1.23. The van der Waals surface area contributed by atoms with Gasteiger partial charge in [-0.25, -0.2) is 10.0 Å². The number of primary amides is 1. The Labute approximate surface area is 70.0 Å². The molecule has 0 rings (SSSR count). The van der Waals surface area contributed by atoms with Gasteiger partial charge in [0.15, 0.2) is 0 Å². The predicted molar refractivity (Wildman–Crippen MR) is 52.0 cm³/mol. The molecule has 0 aromatic rings. The maximum absolute atomic E-state index is 10.6. The maximum atomic E-state index is 10.6. The number of hydrogen-bond acceptors (Lipinski definition) is 2. The smallest absolute Gasteiger partial charge is 0.234 e. The molecule has 0 saturated carbocycles. The molecule has 11 heavy (non-hydrogen) atoms. The second-order valence-electron chi connectivity index (χ2n) is 3.56. The lowest BCUT2D eigenvalue weighted by molar-refractivity contribution is -0.119. The first-order valence-electron chi connectivity index (χ1n) is 3.51. The SMILES string of the molecule is CC(NCS(C)(C)C)C(N)=O. The monoisotopic (exact) mass is 178 g/mol. The third-order valence-electron chi connectivity index (χ3n) is 1.25. The molecule has 1 amide bonds. The van der Waals surface area contributed by atoms with Crippen LogP contribution in [0.2, 0.25) is 0 Å². The Morgan fingerprint density at radius 2 is 2.00 bits per heavy atom. The van der Waals surface area contributed by atoms with Crippen molar-refractivity contribution in [2.75, 3.05) is 24.6 Å². The molecule has 0 radical (unpaired) electrons. The molecule has 1 unspecified atom stereocenters. The minimum absolute atomic E-state index is 0.207. The highest BCUT2D eigenvalue weighted by atomic mass is 32.3. The summed E-state index contributed by atoms with van der Waals surface area (Å²) in [6.45, 7) is 1.79. The van der Waals surface area contributed by atoms with Crippen LogP contribution in [0.25, 0.3) is 0 Å². The lowest BCUT2D eigenvalue weighted by Crippen LogP contribution is -2.40. The summed E-state index contributed by atoms with van der Waals surface area (Å²) < 4.78 is 0. The minimum Gasteiger partial charge on any atom is -0.368 e. The van der Waals surface area contributed by atoms with E-state index in [4.69, 9.17) is 5.73 Å². The topological polar surface area (TPSA) is 55.1 Å². The molecular weight excluding hydrogens is 160 g/mol. The van der Waals surface area contributed by atoms with Crippen LogP contribution < -0.4 is 11.1 Å². The van der Waals surface area contributed by atoms with E-state index >= 15 is 0 Å². The summed E-state index contributed by atoms with van der Waals surface area (Å²) in [6.07, 6.45) is 6.56. The quantitative estimate of drug-likeness (QED) is 0.641. The van der Waals surface area contributed by atoms with Crippen molar-refractivity contribution >= 4 is 15.9 Å². The van der Waals surface area contributed by atoms with Gasteiger partial charge in [-0.05, 0) is 25.7 Å². The Morgan fingerprint density at radius 3 is 2.27 bits per heavy atom. The number of amides is 1. The summed E-state index contributed by atoms with van der Waals surface area (Å²) in [7, 11) is -0.572. The Morgan fingerprint density at radius 1 is 1.55 bits per heavy atom. The highest BCUT2D eigenvalue weighted by Crippen LogP contribution is 2.32. The van der Waals surface area contributed by atoms with Crippen molar-refractivity contribution in [3.05, 3.63) is 0 Å². The van der Waals surface area contributed by atoms with Crippen molar-refractivity contribution in [3.8, 4) is 0 Å². The van der Waals surface area contributed by atoms with Gasteiger partial charge >= 0.3 is 0 Å². The second kappa shape index (κ2) is 3.97. The van der Waals surface area contributed by atoms with Gasteiger partial charge in [-0.1, -0.05) is 0 Å². The normalized spacial score (nSPS) is 16.0. The van der Waals surface area contributed by atoms with Gasteiger partial charge in [0.25, 0.3) is 0 Å². The van der Waals surface area contributed by atoms with Crippen molar-refractivity contribution in [3.63, 3.8) is 0 Å². The van der Waals surface area contributed by atoms with E-state index in [1.165, 1.54) is 0 Å². The first-order chi connectivity index (χ1) is 4.83. The lowest BCUT2D eigenvalue weighted by atomic mass is 10.3. The van der Waals surface area contributed by atoms with Crippen LogP contribution in [0.4, 0.5) is 0 Å². The number of nitrogens with two attached hydrogens (primary N) is 1. The van der Waals surface area contributed by atoms with Gasteiger partial charge in [-0.2, -0.15) is 0 Å². The van der Waals surface area contributed by atoms with Crippen molar-refractivity contribution < 1.29 is 4.79 Å². The first kappa shape index (κ1) is 10.8. The van der Waals surface area contributed by atoms with Gasteiger partial charge in [0.2, 0.25) is 5.91 Å². The first-order valence-corrected chi connectivity index (χ1v) is 6.54. The zero-order chi connectivity index (χ0) is 9.07. The predicted octanol–water partition coefficient (Wildman–Crippen LogP) is 0.101. The molecule has 0 aliphatic carbocycles. The molecule has 0 bridgehead atoms. The van der Waals surface area contributed by atoms with Crippen molar-refractivity contribution in [1.82, 2.24) is 5.32 Å². The van der Waals surface area contributed by atoms with Crippen molar-refractivity contribution in [2.45, 2.75) is 13.0 Å². The van der Waals surface area contributed by atoms with Gasteiger partial charge in [0.1, 0.15) is 0 Å². The van der Waals surface area contributed by atoms with E-state index in [9.17, 15) is 4.79 Å². The van der Waals surface area contributed by atoms with E-state index in [0.29, 0.717) is 0 Å². The number of rotatable bonds is 4. The Balaban J connectivity index is 3.63. The van der Waals surface area contributed by atoms with Crippen LogP contribution in [0.3, 0.4) is 0 Å². The Kier molecular flexibility index (Phi) is 3.89. The largest absolute Gasteiger partial charge is 0.368 e. The van der Waals surface area contributed by atoms with E-state index in [1.54, 1.807) is 6.92 Å². The molecular formula is C7H18N2OS.